The number of ether oxygens (including phenoxy) is 2. The molecule has 1 atom stereocenters. The third-order valence-corrected chi connectivity index (χ3v) is 2.42. The second-order valence-electron chi connectivity index (χ2n) is 3.77. The Morgan fingerprint density at radius 2 is 2.12 bits per heavy atom. The van der Waals surface area contributed by atoms with Crippen LogP contribution in [0.25, 0.3) is 0 Å². The van der Waals surface area contributed by atoms with Gasteiger partial charge in [-0.3, -0.25) is 0 Å². The third kappa shape index (κ3) is 3.83. The number of nitrogens with zero attached hydrogens (tertiary/aromatic N) is 2. The van der Waals surface area contributed by atoms with Crippen LogP contribution in [0.3, 0.4) is 0 Å². The van der Waals surface area contributed by atoms with E-state index in [-0.39, 0.29) is 6.10 Å². The molecule has 1 aliphatic rings. The molecular weight excluding hydrogens is 220 g/mol. The Balaban J connectivity index is 1.83. The van der Waals surface area contributed by atoms with Crippen molar-refractivity contribution in [2.75, 3.05) is 43.5 Å². The van der Waals surface area contributed by atoms with Crippen molar-refractivity contribution in [2.45, 2.75) is 13.0 Å². The van der Waals surface area contributed by atoms with Crippen molar-refractivity contribution in [3.05, 3.63) is 12.4 Å². The van der Waals surface area contributed by atoms with Crippen molar-refractivity contribution in [3.8, 4) is 0 Å². The van der Waals surface area contributed by atoms with Gasteiger partial charge in [0, 0.05) is 19.2 Å². The molecule has 94 valence electrons. The Morgan fingerprint density at radius 3 is 2.82 bits per heavy atom. The highest BCUT2D eigenvalue weighted by Crippen LogP contribution is 2.09. The zero-order valence-corrected chi connectivity index (χ0v) is 9.98. The molecule has 1 aromatic heterocycles. The molecular formula is C11H18N4O2. The monoisotopic (exact) mass is 238 g/mol. The fraction of sp³-hybridized carbons (Fsp3) is 0.636. The van der Waals surface area contributed by atoms with Gasteiger partial charge in [-0.25, -0.2) is 9.97 Å². The predicted octanol–water partition coefficient (Wildman–Crippen LogP) is 0.736. The predicted molar refractivity (Wildman–Crippen MR) is 65.2 cm³/mol. The number of anilines is 2. The summed E-state index contributed by atoms with van der Waals surface area (Å²) in [6.07, 6.45) is 1.64. The van der Waals surface area contributed by atoms with Gasteiger partial charge in [-0.05, 0) is 6.92 Å². The van der Waals surface area contributed by atoms with Crippen molar-refractivity contribution in [2.24, 2.45) is 0 Å². The number of hydrogen-bond acceptors (Lipinski definition) is 6. The van der Waals surface area contributed by atoms with E-state index in [4.69, 9.17) is 9.47 Å². The summed E-state index contributed by atoms with van der Waals surface area (Å²) < 4.78 is 10.9. The molecule has 1 aliphatic heterocycles. The van der Waals surface area contributed by atoms with Gasteiger partial charge >= 0.3 is 0 Å². The maximum Gasteiger partial charge on any atom is 0.131 e. The molecule has 6 nitrogen and oxygen atoms in total. The molecule has 0 bridgehead atoms. The van der Waals surface area contributed by atoms with Gasteiger partial charge in [0.1, 0.15) is 18.0 Å². The quantitative estimate of drug-likeness (QED) is 0.788. The molecule has 0 aromatic carbocycles. The fourth-order valence-corrected chi connectivity index (χ4v) is 1.60. The van der Waals surface area contributed by atoms with Gasteiger partial charge in [-0.1, -0.05) is 0 Å². The van der Waals surface area contributed by atoms with E-state index in [1.165, 1.54) is 0 Å². The average molecular weight is 238 g/mol. The number of rotatable bonds is 5. The molecule has 0 amide bonds. The van der Waals surface area contributed by atoms with Gasteiger partial charge in [-0.2, -0.15) is 0 Å². The Hall–Kier alpha value is -1.40. The van der Waals surface area contributed by atoms with Crippen molar-refractivity contribution in [1.29, 1.82) is 0 Å². The highest BCUT2D eigenvalue weighted by molar-refractivity contribution is 5.46. The minimum atomic E-state index is 0.0984. The summed E-state index contributed by atoms with van der Waals surface area (Å²) in [5.74, 6) is 1.62. The van der Waals surface area contributed by atoms with E-state index < -0.39 is 0 Å². The molecule has 17 heavy (non-hydrogen) atoms. The lowest BCUT2D eigenvalue weighted by Gasteiger charge is -2.23. The van der Waals surface area contributed by atoms with Crippen LogP contribution in [0.15, 0.2) is 12.4 Å². The Morgan fingerprint density at radius 1 is 1.29 bits per heavy atom. The van der Waals surface area contributed by atoms with E-state index in [1.54, 1.807) is 6.33 Å². The van der Waals surface area contributed by atoms with Gasteiger partial charge in [0.2, 0.25) is 0 Å². The first kappa shape index (κ1) is 12.1. The first-order chi connectivity index (χ1) is 8.38. The minimum absolute atomic E-state index is 0.0984. The average Bonchev–Trinajstić information content (AvgIpc) is 2.39. The summed E-state index contributed by atoms with van der Waals surface area (Å²) in [4.78, 5) is 8.25. The molecule has 1 aromatic rings. The van der Waals surface area contributed by atoms with Crippen LogP contribution in [0.4, 0.5) is 11.6 Å². The second-order valence-corrected chi connectivity index (χ2v) is 3.77. The summed E-state index contributed by atoms with van der Waals surface area (Å²) in [5, 5.41) is 6.36. The van der Waals surface area contributed by atoms with Gasteiger partial charge in [-0.15, -0.1) is 0 Å². The van der Waals surface area contributed by atoms with Crippen LogP contribution in [0.1, 0.15) is 6.92 Å². The van der Waals surface area contributed by atoms with E-state index >= 15 is 0 Å². The number of nitrogens with one attached hydrogen (secondary N) is 2. The Labute approximate surface area is 101 Å². The van der Waals surface area contributed by atoms with Crippen molar-refractivity contribution in [3.63, 3.8) is 0 Å². The SMILES string of the molecule is CCNc1cc(NCC2COCCO2)ncn1. The molecule has 0 spiro atoms. The molecule has 0 radical (unpaired) electrons. The molecule has 0 aliphatic carbocycles. The largest absolute Gasteiger partial charge is 0.376 e. The topological polar surface area (TPSA) is 68.3 Å². The molecule has 2 rings (SSSR count). The highest BCUT2D eigenvalue weighted by atomic mass is 16.6. The maximum absolute atomic E-state index is 5.53. The van der Waals surface area contributed by atoms with Crippen LogP contribution in [-0.4, -0.2) is 49.0 Å². The summed E-state index contributed by atoms with van der Waals surface area (Å²) >= 11 is 0. The molecule has 1 fully saturated rings. The van der Waals surface area contributed by atoms with E-state index in [1.807, 2.05) is 13.0 Å². The number of hydrogen-bond donors (Lipinski definition) is 2. The Bertz CT molecular complexity index is 342. The van der Waals surface area contributed by atoms with Crippen LogP contribution in [0.5, 0.6) is 0 Å². The lowest BCUT2D eigenvalue weighted by molar-refractivity contribution is -0.0819. The summed E-state index contributed by atoms with van der Waals surface area (Å²) in [6, 6.07) is 1.88. The van der Waals surface area contributed by atoms with Gasteiger partial charge in [0.05, 0.1) is 25.9 Å². The summed E-state index contributed by atoms with van der Waals surface area (Å²) in [6.45, 7) is 5.56. The highest BCUT2D eigenvalue weighted by Gasteiger charge is 2.13. The van der Waals surface area contributed by atoms with Crippen molar-refractivity contribution in [1.82, 2.24) is 9.97 Å². The smallest absolute Gasteiger partial charge is 0.131 e. The normalized spacial score (nSPS) is 19.9. The molecule has 1 saturated heterocycles. The second kappa shape index (κ2) is 6.36. The molecule has 1 unspecified atom stereocenters. The van der Waals surface area contributed by atoms with Crippen LogP contribution in [-0.2, 0) is 9.47 Å². The standard InChI is InChI=1S/C11H18N4O2/c1-2-12-10-5-11(15-8-14-10)13-6-9-7-16-3-4-17-9/h5,8-9H,2-4,6-7H2,1H3,(H2,12,13,14,15). The van der Waals surface area contributed by atoms with E-state index in [2.05, 4.69) is 20.6 Å². The molecule has 6 heteroatoms. The zero-order valence-electron chi connectivity index (χ0n) is 9.98. The maximum atomic E-state index is 5.53. The van der Waals surface area contributed by atoms with E-state index in [0.717, 1.165) is 18.2 Å². The van der Waals surface area contributed by atoms with Gasteiger partial charge < -0.3 is 20.1 Å². The van der Waals surface area contributed by atoms with Crippen molar-refractivity contribution < 1.29 is 9.47 Å². The summed E-state index contributed by atoms with van der Waals surface area (Å²) in [7, 11) is 0. The third-order valence-electron chi connectivity index (χ3n) is 2.42. The molecule has 2 heterocycles. The zero-order chi connectivity index (χ0) is 11.9. The fourth-order valence-electron chi connectivity index (χ4n) is 1.60. The lowest BCUT2D eigenvalue weighted by Crippen LogP contribution is -2.34. The van der Waals surface area contributed by atoms with Gasteiger partial charge in [0.25, 0.3) is 0 Å². The summed E-state index contributed by atoms with van der Waals surface area (Å²) in [5.41, 5.74) is 0. The van der Waals surface area contributed by atoms with Crippen LogP contribution in [0.2, 0.25) is 0 Å². The number of aromatic nitrogens is 2. The Kier molecular flexibility index (Phi) is 4.52. The van der Waals surface area contributed by atoms with Crippen LogP contribution in [0, 0.1) is 0 Å². The van der Waals surface area contributed by atoms with E-state index in [0.29, 0.717) is 26.4 Å². The van der Waals surface area contributed by atoms with E-state index in [9.17, 15) is 0 Å². The molecule has 2 N–H and O–H groups in total. The molecule has 0 saturated carbocycles. The van der Waals surface area contributed by atoms with Gasteiger partial charge in [0.15, 0.2) is 0 Å². The van der Waals surface area contributed by atoms with Crippen molar-refractivity contribution >= 4 is 11.6 Å². The first-order valence-corrected chi connectivity index (χ1v) is 5.87. The van der Waals surface area contributed by atoms with Crippen LogP contribution >= 0.6 is 0 Å². The van der Waals surface area contributed by atoms with Crippen LogP contribution < -0.4 is 10.6 Å². The first-order valence-electron chi connectivity index (χ1n) is 5.87. The lowest BCUT2D eigenvalue weighted by atomic mass is 10.3. The minimum Gasteiger partial charge on any atom is -0.376 e.